The predicted molar refractivity (Wildman–Crippen MR) is 45.2 cm³/mol. The molecule has 1 aromatic rings. The highest BCUT2D eigenvalue weighted by Crippen LogP contribution is 2.32. The SMILES string of the molecule is CN1C(=O)c2ccc(O)cc2C1O. The molecule has 0 radical (unpaired) electrons. The molecule has 4 heteroatoms. The summed E-state index contributed by atoms with van der Waals surface area (Å²) in [6.07, 6.45) is -0.936. The second kappa shape index (κ2) is 2.47. The number of benzene rings is 1. The Hall–Kier alpha value is -1.55. The minimum absolute atomic E-state index is 0.0564. The van der Waals surface area contributed by atoms with Crippen LogP contribution in [-0.4, -0.2) is 28.1 Å². The zero-order valence-corrected chi connectivity index (χ0v) is 7.06. The van der Waals surface area contributed by atoms with Crippen LogP contribution in [0.3, 0.4) is 0 Å². The van der Waals surface area contributed by atoms with E-state index in [1.54, 1.807) is 0 Å². The van der Waals surface area contributed by atoms with E-state index in [1.165, 1.54) is 30.1 Å². The van der Waals surface area contributed by atoms with Crippen molar-refractivity contribution < 1.29 is 15.0 Å². The zero-order chi connectivity index (χ0) is 9.59. The Kier molecular flexibility index (Phi) is 1.53. The molecule has 1 aliphatic rings. The van der Waals surface area contributed by atoms with Crippen LogP contribution in [0.25, 0.3) is 0 Å². The smallest absolute Gasteiger partial charge is 0.256 e. The molecule has 0 bridgehead atoms. The summed E-state index contributed by atoms with van der Waals surface area (Å²) >= 11 is 0. The maximum atomic E-state index is 11.4. The monoisotopic (exact) mass is 179 g/mol. The van der Waals surface area contributed by atoms with Crippen LogP contribution in [0.1, 0.15) is 22.1 Å². The summed E-state index contributed by atoms with van der Waals surface area (Å²) in [5.74, 6) is -0.164. The Balaban J connectivity index is 2.60. The fraction of sp³-hybridized carbons (Fsp3) is 0.222. The van der Waals surface area contributed by atoms with Crippen LogP contribution in [-0.2, 0) is 0 Å². The lowest BCUT2D eigenvalue weighted by Gasteiger charge is -2.13. The molecule has 0 spiro atoms. The molecule has 68 valence electrons. The first-order valence-electron chi connectivity index (χ1n) is 3.89. The first-order chi connectivity index (χ1) is 6.11. The van der Waals surface area contributed by atoms with E-state index in [0.29, 0.717) is 11.1 Å². The largest absolute Gasteiger partial charge is 0.508 e. The molecule has 1 heterocycles. The van der Waals surface area contributed by atoms with Gasteiger partial charge in [-0.15, -0.1) is 0 Å². The fourth-order valence-electron chi connectivity index (χ4n) is 1.47. The van der Waals surface area contributed by atoms with Gasteiger partial charge in [0.15, 0.2) is 6.23 Å². The Morgan fingerprint density at radius 2 is 2.15 bits per heavy atom. The van der Waals surface area contributed by atoms with Crippen molar-refractivity contribution >= 4 is 5.91 Å². The van der Waals surface area contributed by atoms with Crippen LogP contribution in [0.5, 0.6) is 5.75 Å². The number of phenols is 1. The lowest BCUT2D eigenvalue weighted by molar-refractivity contribution is 0.0301. The van der Waals surface area contributed by atoms with Gasteiger partial charge in [-0.05, 0) is 18.2 Å². The topological polar surface area (TPSA) is 60.8 Å². The molecule has 4 nitrogen and oxygen atoms in total. The molecule has 1 amide bonds. The summed E-state index contributed by atoms with van der Waals surface area (Å²) < 4.78 is 0. The van der Waals surface area contributed by atoms with Crippen LogP contribution in [0.4, 0.5) is 0 Å². The molecule has 1 aromatic carbocycles. The Bertz CT molecular complexity index is 375. The van der Waals surface area contributed by atoms with E-state index in [-0.39, 0.29) is 11.7 Å². The summed E-state index contributed by atoms with van der Waals surface area (Å²) in [6, 6.07) is 4.35. The molecule has 2 rings (SSSR count). The maximum Gasteiger partial charge on any atom is 0.256 e. The number of nitrogens with zero attached hydrogens (tertiary/aromatic N) is 1. The fourth-order valence-corrected chi connectivity index (χ4v) is 1.47. The van der Waals surface area contributed by atoms with Gasteiger partial charge in [-0.3, -0.25) is 4.79 Å². The summed E-state index contributed by atoms with van der Waals surface area (Å²) in [4.78, 5) is 12.6. The Morgan fingerprint density at radius 1 is 1.46 bits per heavy atom. The van der Waals surface area contributed by atoms with E-state index in [0.717, 1.165) is 0 Å². The summed E-state index contributed by atoms with van der Waals surface area (Å²) in [5, 5.41) is 18.7. The standard InChI is InChI=1S/C9H9NO3/c1-10-8(12)6-3-2-5(11)4-7(6)9(10)13/h2-4,9,11,13H,1H3. The van der Waals surface area contributed by atoms with Gasteiger partial charge in [-0.2, -0.15) is 0 Å². The molecule has 0 saturated carbocycles. The summed E-state index contributed by atoms with van der Waals surface area (Å²) in [6.45, 7) is 0. The van der Waals surface area contributed by atoms with Gasteiger partial charge >= 0.3 is 0 Å². The highest BCUT2D eigenvalue weighted by molar-refractivity contribution is 5.98. The van der Waals surface area contributed by atoms with Gasteiger partial charge in [-0.25, -0.2) is 0 Å². The van der Waals surface area contributed by atoms with Crippen molar-refractivity contribution in [1.82, 2.24) is 4.90 Å². The van der Waals surface area contributed by atoms with Gasteiger partial charge in [0.05, 0.1) is 0 Å². The molecule has 1 unspecified atom stereocenters. The van der Waals surface area contributed by atoms with Gasteiger partial charge in [0.25, 0.3) is 5.91 Å². The third-order valence-corrected chi connectivity index (χ3v) is 2.23. The zero-order valence-electron chi connectivity index (χ0n) is 7.06. The molecule has 0 fully saturated rings. The van der Waals surface area contributed by atoms with E-state index in [1.807, 2.05) is 0 Å². The van der Waals surface area contributed by atoms with Crippen LogP contribution in [0.2, 0.25) is 0 Å². The van der Waals surface area contributed by atoms with Gasteiger partial charge in [0.2, 0.25) is 0 Å². The number of phenolic OH excluding ortho intramolecular Hbond substituents is 1. The number of carbonyl (C=O) groups excluding carboxylic acids is 1. The number of hydrogen-bond acceptors (Lipinski definition) is 3. The van der Waals surface area contributed by atoms with E-state index >= 15 is 0 Å². The van der Waals surface area contributed by atoms with Crippen molar-refractivity contribution in [2.24, 2.45) is 0 Å². The predicted octanol–water partition coefficient (Wildman–Crippen LogP) is 0.469. The molecule has 0 saturated heterocycles. The molecule has 0 aliphatic carbocycles. The number of hydrogen-bond donors (Lipinski definition) is 2. The molecular formula is C9H9NO3. The molecule has 2 N–H and O–H groups in total. The first-order valence-corrected chi connectivity index (χ1v) is 3.89. The second-order valence-electron chi connectivity index (χ2n) is 3.06. The first kappa shape index (κ1) is 8.07. The second-order valence-corrected chi connectivity index (χ2v) is 3.06. The van der Waals surface area contributed by atoms with Crippen LogP contribution < -0.4 is 0 Å². The van der Waals surface area contributed by atoms with Crippen molar-refractivity contribution in [2.75, 3.05) is 7.05 Å². The number of amides is 1. The molecule has 1 aliphatic heterocycles. The lowest BCUT2D eigenvalue weighted by Crippen LogP contribution is -2.22. The molecule has 0 aromatic heterocycles. The highest BCUT2D eigenvalue weighted by atomic mass is 16.3. The molecular weight excluding hydrogens is 170 g/mol. The number of carbonyl (C=O) groups is 1. The minimum atomic E-state index is -0.936. The van der Waals surface area contributed by atoms with Gasteiger partial charge < -0.3 is 15.1 Å². The lowest BCUT2D eigenvalue weighted by atomic mass is 10.1. The van der Waals surface area contributed by atoms with Gasteiger partial charge in [0.1, 0.15) is 5.75 Å². The number of fused-ring (bicyclic) bond motifs is 1. The number of aliphatic hydroxyl groups excluding tert-OH is 1. The van der Waals surface area contributed by atoms with Crippen LogP contribution in [0.15, 0.2) is 18.2 Å². The number of aliphatic hydroxyl groups is 1. The van der Waals surface area contributed by atoms with Crippen LogP contribution in [0, 0.1) is 0 Å². The average molecular weight is 179 g/mol. The number of aromatic hydroxyl groups is 1. The minimum Gasteiger partial charge on any atom is -0.508 e. The molecule has 1 atom stereocenters. The Labute approximate surface area is 75.0 Å². The van der Waals surface area contributed by atoms with Crippen molar-refractivity contribution in [2.45, 2.75) is 6.23 Å². The van der Waals surface area contributed by atoms with Gasteiger partial charge in [0, 0.05) is 18.2 Å². The third kappa shape index (κ3) is 0.990. The maximum absolute atomic E-state index is 11.4. The van der Waals surface area contributed by atoms with Crippen molar-refractivity contribution in [3.8, 4) is 5.75 Å². The Morgan fingerprint density at radius 3 is 2.85 bits per heavy atom. The summed E-state index contributed by atoms with van der Waals surface area (Å²) in [7, 11) is 1.52. The van der Waals surface area contributed by atoms with Crippen molar-refractivity contribution in [3.63, 3.8) is 0 Å². The van der Waals surface area contributed by atoms with Crippen LogP contribution >= 0.6 is 0 Å². The highest BCUT2D eigenvalue weighted by Gasteiger charge is 2.32. The number of rotatable bonds is 0. The van der Waals surface area contributed by atoms with E-state index in [9.17, 15) is 9.90 Å². The normalized spacial score (nSPS) is 20.6. The van der Waals surface area contributed by atoms with E-state index in [2.05, 4.69) is 0 Å². The third-order valence-electron chi connectivity index (χ3n) is 2.23. The summed E-state index contributed by atoms with van der Waals surface area (Å²) in [5.41, 5.74) is 0.917. The van der Waals surface area contributed by atoms with E-state index < -0.39 is 6.23 Å². The van der Waals surface area contributed by atoms with E-state index in [4.69, 9.17) is 5.11 Å². The van der Waals surface area contributed by atoms with Gasteiger partial charge in [-0.1, -0.05) is 0 Å². The average Bonchev–Trinajstić information content (AvgIpc) is 2.32. The van der Waals surface area contributed by atoms with Crippen molar-refractivity contribution in [1.29, 1.82) is 0 Å². The molecule has 13 heavy (non-hydrogen) atoms. The quantitative estimate of drug-likeness (QED) is 0.608. The van der Waals surface area contributed by atoms with Crippen molar-refractivity contribution in [3.05, 3.63) is 29.3 Å².